The van der Waals surface area contributed by atoms with Crippen LogP contribution in [0.5, 0.6) is 0 Å². The van der Waals surface area contributed by atoms with Crippen LogP contribution in [0.3, 0.4) is 0 Å². The maximum atomic E-state index is 16.2. The summed E-state index contributed by atoms with van der Waals surface area (Å²) in [6.45, 7) is 0. The smallest absolute Gasteiger partial charge is 0.310 e. The highest BCUT2D eigenvalue weighted by Crippen LogP contribution is 2.55. The van der Waals surface area contributed by atoms with Crippen molar-refractivity contribution in [2.24, 2.45) is 11.8 Å². The third kappa shape index (κ3) is 4.52. The van der Waals surface area contributed by atoms with E-state index in [1.807, 2.05) is 0 Å². The maximum Gasteiger partial charge on any atom is 0.310 e. The summed E-state index contributed by atoms with van der Waals surface area (Å²) in [7, 11) is 0. The minimum absolute atomic E-state index is 0.00859. The van der Waals surface area contributed by atoms with E-state index in [4.69, 9.17) is 46.4 Å². The average Bonchev–Trinajstić information content (AvgIpc) is 3.36. The van der Waals surface area contributed by atoms with Gasteiger partial charge in [-0.1, -0.05) is 76.7 Å². The number of aliphatic carboxylic acids is 1. The molecule has 4 N–H and O–H groups in total. The van der Waals surface area contributed by atoms with Crippen molar-refractivity contribution in [1.82, 2.24) is 5.32 Å². The molecule has 2 heterocycles. The molecule has 0 radical (unpaired) electrons. The molecule has 1 spiro atoms. The van der Waals surface area contributed by atoms with Gasteiger partial charge >= 0.3 is 5.97 Å². The van der Waals surface area contributed by atoms with E-state index >= 15 is 8.78 Å². The molecule has 4 atom stereocenters. The van der Waals surface area contributed by atoms with Crippen molar-refractivity contribution in [1.29, 1.82) is 0 Å². The van der Waals surface area contributed by atoms with Gasteiger partial charge in [-0.15, -0.1) is 0 Å². The molecule has 202 valence electrons. The van der Waals surface area contributed by atoms with E-state index in [1.165, 1.54) is 48.5 Å². The lowest BCUT2D eigenvalue weighted by Gasteiger charge is -2.29. The number of carboxylic acid groups (broad SMARTS) is 1. The van der Waals surface area contributed by atoms with Gasteiger partial charge in [-0.25, -0.2) is 0 Å². The third-order valence-corrected chi connectivity index (χ3v) is 7.85. The molecule has 2 amide bonds. The lowest BCUT2D eigenvalue weighted by Crippen LogP contribution is -2.53. The lowest BCUT2D eigenvalue weighted by molar-refractivity contribution is -0.151. The number of alkyl halides is 2. The van der Waals surface area contributed by atoms with Gasteiger partial charge in [0.1, 0.15) is 11.5 Å². The minimum Gasteiger partial charge on any atom is -0.481 e. The molecular formula is C26H17Cl4F2N3O4. The van der Waals surface area contributed by atoms with Crippen LogP contribution in [0, 0.1) is 11.8 Å². The van der Waals surface area contributed by atoms with Crippen molar-refractivity contribution in [3.63, 3.8) is 0 Å². The number of carboxylic acids is 1. The van der Waals surface area contributed by atoms with Crippen LogP contribution in [0.1, 0.15) is 11.1 Å². The molecule has 0 saturated carbocycles. The summed E-state index contributed by atoms with van der Waals surface area (Å²) in [6, 6.07) is 11.0. The van der Waals surface area contributed by atoms with Crippen LogP contribution in [-0.2, 0) is 25.8 Å². The fourth-order valence-electron chi connectivity index (χ4n) is 5.33. The molecular weight excluding hydrogens is 598 g/mol. The van der Waals surface area contributed by atoms with Crippen molar-refractivity contribution >= 4 is 75.6 Å². The molecule has 4 unspecified atom stereocenters. The topological polar surface area (TPSA) is 108 Å². The van der Waals surface area contributed by atoms with Gasteiger partial charge in [0, 0.05) is 31.9 Å². The highest BCUT2D eigenvalue weighted by molar-refractivity contribution is 6.38. The SMILES string of the molecule is O=C(Nc1cc(Cl)cc(Cl)c1)C1C(C(F)(F)c2ccccc2)NC2(C(=O)Nc3c(Cl)cc(Cl)cc32)C1C(=O)O. The highest BCUT2D eigenvalue weighted by Gasteiger charge is 2.71. The Morgan fingerprint density at radius 1 is 0.949 bits per heavy atom. The Hall–Kier alpha value is -2.95. The number of anilines is 2. The first-order chi connectivity index (χ1) is 18.4. The molecule has 2 aliphatic rings. The molecule has 0 aliphatic carbocycles. The number of halogens is 6. The quantitative estimate of drug-likeness (QED) is 0.275. The molecule has 0 bridgehead atoms. The van der Waals surface area contributed by atoms with Crippen LogP contribution in [0.2, 0.25) is 20.1 Å². The Balaban J connectivity index is 1.71. The monoisotopic (exact) mass is 613 g/mol. The number of hydrogen-bond acceptors (Lipinski definition) is 4. The number of hydrogen-bond donors (Lipinski definition) is 4. The third-order valence-electron chi connectivity index (χ3n) is 6.89. The molecule has 0 aromatic heterocycles. The van der Waals surface area contributed by atoms with Gasteiger partial charge in [0.2, 0.25) is 11.8 Å². The standard InChI is InChI=1S/C26H17Cl4F2N3O4/c27-12-6-13(28)8-15(7-12)33-22(36)18-19(23(37)38)25(16-9-14(29)10-17(30)20(16)34-24(25)39)35-21(18)26(31,32)11-4-2-1-3-5-11/h1-10,18-19,21,35H,(H,33,36)(H,34,39)(H,37,38). The Bertz CT molecular complexity index is 1500. The highest BCUT2D eigenvalue weighted by atomic mass is 35.5. The van der Waals surface area contributed by atoms with Gasteiger partial charge in [-0.3, -0.25) is 19.7 Å². The van der Waals surface area contributed by atoms with Crippen LogP contribution in [-0.4, -0.2) is 28.9 Å². The van der Waals surface area contributed by atoms with Gasteiger partial charge in [-0.05, 0) is 30.3 Å². The summed E-state index contributed by atoms with van der Waals surface area (Å²) in [5, 5.41) is 18.2. The lowest BCUT2D eigenvalue weighted by atomic mass is 9.74. The molecule has 39 heavy (non-hydrogen) atoms. The zero-order valence-corrected chi connectivity index (χ0v) is 22.5. The second kappa shape index (κ2) is 9.91. The summed E-state index contributed by atoms with van der Waals surface area (Å²) in [6.07, 6.45) is 0. The molecule has 1 saturated heterocycles. The van der Waals surface area contributed by atoms with Gasteiger partial charge in [-0.2, -0.15) is 8.78 Å². The number of nitrogens with one attached hydrogen (secondary N) is 3. The van der Waals surface area contributed by atoms with E-state index in [-0.39, 0.29) is 37.0 Å². The number of carbonyl (C=O) groups is 3. The minimum atomic E-state index is -3.82. The Morgan fingerprint density at radius 2 is 1.56 bits per heavy atom. The van der Waals surface area contributed by atoms with E-state index in [1.54, 1.807) is 0 Å². The zero-order chi connectivity index (χ0) is 28.3. The van der Waals surface area contributed by atoms with Crippen LogP contribution in [0.15, 0.2) is 60.7 Å². The van der Waals surface area contributed by atoms with E-state index < -0.39 is 52.7 Å². The van der Waals surface area contributed by atoms with E-state index in [0.29, 0.717) is 0 Å². The van der Waals surface area contributed by atoms with Crippen molar-refractivity contribution < 1.29 is 28.3 Å². The molecule has 1 fully saturated rings. The van der Waals surface area contributed by atoms with Gasteiger partial charge in [0.25, 0.3) is 5.92 Å². The Labute approximate surface area is 240 Å². The summed E-state index contributed by atoms with van der Waals surface area (Å²) in [4.78, 5) is 40.0. The fourth-order valence-corrected chi connectivity index (χ4v) is 6.40. The van der Waals surface area contributed by atoms with E-state index in [2.05, 4.69) is 16.0 Å². The average molecular weight is 615 g/mol. The fraction of sp³-hybridized carbons (Fsp3) is 0.192. The van der Waals surface area contributed by atoms with Crippen molar-refractivity contribution in [3.05, 3.63) is 91.9 Å². The Kier molecular flexibility index (Phi) is 7.01. The first kappa shape index (κ1) is 27.6. The normalized spacial score (nSPS) is 23.9. The van der Waals surface area contributed by atoms with Crippen molar-refractivity contribution in [2.45, 2.75) is 17.5 Å². The van der Waals surface area contributed by atoms with Crippen molar-refractivity contribution in [2.75, 3.05) is 10.6 Å². The van der Waals surface area contributed by atoms with E-state index in [0.717, 1.165) is 12.1 Å². The molecule has 2 aliphatic heterocycles. The second-order valence-electron chi connectivity index (χ2n) is 9.17. The molecule has 5 rings (SSSR count). The van der Waals surface area contributed by atoms with Crippen molar-refractivity contribution in [3.8, 4) is 0 Å². The first-order valence-electron chi connectivity index (χ1n) is 11.4. The number of benzene rings is 3. The predicted octanol–water partition coefficient (Wildman–Crippen LogP) is 6.17. The summed E-state index contributed by atoms with van der Waals surface area (Å²) in [5.41, 5.74) is -2.81. The Morgan fingerprint density at radius 3 is 2.18 bits per heavy atom. The summed E-state index contributed by atoms with van der Waals surface area (Å²) in [5.74, 6) is -11.5. The van der Waals surface area contributed by atoms with Crippen LogP contribution < -0.4 is 16.0 Å². The van der Waals surface area contributed by atoms with Crippen LogP contribution in [0.25, 0.3) is 0 Å². The molecule has 13 heteroatoms. The van der Waals surface area contributed by atoms with Gasteiger partial charge in [0.15, 0.2) is 0 Å². The zero-order valence-electron chi connectivity index (χ0n) is 19.4. The van der Waals surface area contributed by atoms with Gasteiger partial charge in [0.05, 0.1) is 22.7 Å². The second-order valence-corrected chi connectivity index (χ2v) is 10.9. The maximum absolute atomic E-state index is 16.2. The molecule has 3 aromatic rings. The number of amides is 2. The number of rotatable bonds is 5. The largest absolute Gasteiger partial charge is 0.481 e. The van der Waals surface area contributed by atoms with Crippen LogP contribution in [0.4, 0.5) is 20.2 Å². The van der Waals surface area contributed by atoms with Crippen LogP contribution >= 0.6 is 46.4 Å². The summed E-state index contributed by atoms with van der Waals surface area (Å²) < 4.78 is 32.4. The summed E-state index contributed by atoms with van der Waals surface area (Å²) >= 11 is 24.5. The number of carbonyl (C=O) groups excluding carboxylic acids is 2. The molecule has 3 aromatic carbocycles. The predicted molar refractivity (Wildman–Crippen MR) is 144 cm³/mol. The van der Waals surface area contributed by atoms with E-state index in [9.17, 15) is 19.5 Å². The van der Waals surface area contributed by atoms with Gasteiger partial charge < -0.3 is 15.7 Å². The number of fused-ring (bicyclic) bond motifs is 2. The first-order valence-corrected chi connectivity index (χ1v) is 12.9. The molecule has 7 nitrogen and oxygen atoms in total.